The van der Waals surface area contributed by atoms with Gasteiger partial charge in [-0.2, -0.15) is 0 Å². The Morgan fingerprint density at radius 3 is 2.72 bits per heavy atom. The van der Waals surface area contributed by atoms with E-state index in [1.807, 2.05) is 13.8 Å². The minimum atomic E-state index is -0.139. The third-order valence-electron chi connectivity index (χ3n) is 2.70. The van der Waals surface area contributed by atoms with Crippen LogP contribution in [0.25, 0.3) is 0 Å². The van der Waals surface area contributed by atoms with Crippen LogP contribution >= 0.6 is 0 Å². The molecule has 98 valence electrons. The van der Waals surface area contributed by atoms with Gasteiger partial charge in [0.1, 0.15) is 11.3 Å². The van der Waals surface area contributed by atoms with Crippen LogP contribution in [0.4, 0.5) is 5.69 Å². The Bertz CT molecular complexity index is 441. The Hall–Kier alpha value is -1.97. The van der Waals surface area contributed by atoms with E-state index in [9.17, 15) is 4.79 Å². The van der Waals surface area contributed by atoms with Crippen LogP contribution in [0.2, 0.25) is 0 Å². The molecule has 4 nitrogen and oxygen atoms in total. The van der Waals surface area contributed by atoms with Crippen molar-refractivity contribution in [1.82, 2.24) is 4.90 Å². The molecule has 0 unspecified atom stereocenters. The summed E-state index contributed by atoms with van der Waals surface area (Å²) in [5, 5.41) is 0. The third kappa shape index (κ3) is 2.83. The van der Waals surface area contributed by atoms with Crippen LogP contribution < -0.4 is 10.5 Å². The summed E-state index contributed by atoms with van der Waals surface area (Å²) in [5.41, 5.74) is 6.72. The standard InChI is InChI=1S/C14H20N2O2/c1-5-9-16(10(2)3)14(17)13-11(15)7-6-8-12(13)18-4/h5-8,10H,1,9,15H2,2-4H3. The molecule has 0 aromatic heterocycles. The number of ether oxygens (including phenoxy) is 1. The number of benzene rings is 1. The predicted molar refractivity (Wildman–Crippen MR) is 73.8 cm³/mol. The molecule has 1 aromatic rings. The van der Waals surface area contributed by atoms with E-state index in [4.69, 9.17) is 10.5 Å². The molecule has 0 aliphatic heterocycles. The van der Waals surface area contributed by atoms with Crippen molar-refractivity contribution < 1.29 is 9.53 Å². The van der Waals surface area contributed by atoms with Crippen LogP contribution in [0.1, 0.15) is 24.2 Å². The Balaban J connectivity index is 3.19. The Morgan fingerprint density at radius 1 is 1.56 bits per heavy atom. The fourth-order valence-electron chi connectivity index (χ4n) is 1.76. The van der Waals surface area contributed by atoms with E-state index in [0.717, 1.165) is 0 Å². The molecule has 0 radical (unpaired) electrons. The largest absolute Gasteiger partial charge is 0.496 e. The van der Waals surface area contributed by atoms with Crippen molar-refractivity contribution >= 4 is 11.6 Å². The van der Waals surface area contributed by atoms with Crippen LogP contribution in [-0.2, 0) is 0 Å². The fourth-order valence-corrected chi connectivity index (χ4v) is 1.76. The van der Waals surface area contributed by atoms with Crippen LogP contribution in [0, 0.1) is 0 Å². The summed E-state index contributed by atoms with van der Waals surface area (Å²) < 4.78 is 5.20. The number of nitrogen functional groups attached to an aromatic ring is 1. The summed E-state index contributed by atoms with van der Waals surface area (Å²) in [6.07, 6.45) is 1.70. The maximum absolute atomic E-state index is 12.5. The molecular weight excluding hydrogens is 228 g/mol. The number of carbonyl (C=O) groups is 1. The fraction of sp³-hybridized carbons (Fsp3) is 0.357. The van der Waals surface area contributed by atoms with Gasteiger partial charge in [-0.05, 0) is 26.0 Å². The summed E-state index contributed by atoms with van der Waals surface area (Å²) in [6.45, 7) is 8.05. The molecule has 18 heavy (non-hydrogen) atoms. The highest BCUT2D eigenvalue weighted by atomic mass is 16.5. The smallest absolute Gasteiger partial charge is 0.260 e. The van der Waals surface area contributed by atoms with E-state index in [2.05, 4.69) is 6.58 Å². The van der Waals surface area contributed by atoms with Gasteiger partial charge in [-0.15, -0.1) is 6.58 Å². The monoisotopic (exact) mass is 248 g/mol. The van der Waals surface area contributed by atoms with Crippen molar-refractivity contribution in [2.75, 3.05) is 19.4 Å². The van der Waals surface area contributed by atoms with Crippen LogP contribution in [0.15, 0.2) is 30.9 Å². The summed E-state index contributed by atoms with van der Waals surface area (Å²) in [5.74, 6) is 0.356. The van der Waals surface area contributed by atoms with Gasteiger partial charge >= 0.3 is 0 Å². The van der Waals surface area contributed by atoms with Gasteiger partial charge in [-0.25, -0.2) is 0 Å². The summed E-state index contributed by atoms with van der Waals surface area (Å²) >= 11 is 0. The molecular formula is C14H20N2O2. The summed E-state index contributed by atoms with van der Waals surface area (Å²) in [4.78, 5) is 14.2. The minimum Gasteiger partial charge on any atom is -0.496 e. The van der Waals surface area contributed by atoms with Crippen molar-refractivity contribution in [3.8, 4) is 5.75 Å². The number of carbonyl (C=O) groups excluding carboxylic acids is 1. The first-order valence-corrected chi connectivity index (χ1v) is 5.87. The lowest BCUT2D eigenvalue weighted by molar-refractivity contribution is 0.0726. The number of nitrogens with zero attached hydrogens (tertiary/aromatic N) is 1. The molecule has 4 heteroatoms. The van der Waals surface area contributed by atoms with Gasteiger partial charge in [0.15, 0.2) is 0 Å². The number of nitrogens with two attached hydrogens (primary N) is 1. The second-order valence-electron chi connectivity index (χ2n) is 4.26. The van der Waals surface area contributed by atoms with Crippen LogP contribution in [0.5, 0.6) is 5.75 Å². The number of anilines is 1. The van der Waals surface area contributed by atoms with Gasteiger partial charge in [0, 0.05) is 18.3 Å². The SMILES string of the molecule is C=CCN(C(=O)c1c(N)cccc1OC)C(C)C. The average Bonchev–Trinajstić information content (AvgIpc) is 2.34. The minimum absolute atomic E-state index is 0.0693. The quantitative estimate of drug-likeness (QED) is 0.642. The molecule has 1 amide bonds. The first-order chi connectivity index (χ1) is 8.52. The Labute approximate surface area is 108 Å². The van der Waals surface area contributed by atoms with Gasteiger partial charge in [0.25, 0.3) is 5.91 Å². The van der Waals surface area contributed by atoms with Gasteiger partial charge in [-0.1, -0.05) is 12.1 Å². The van der Waals surface area contributed by atoms with Gasteiger partial charge in [0.2, 0.25) is 0 Å². The third-order valence-corrected chi connectivity index (χ3v) is 2.70. The van der Waals surface area contributed by atoms with Crippen molar-refractivity contribution in [2.45, 2.75) is 19.9 Å². The lowest BCUT2D eigenvalue weighted by Gasteiger charge is -2.26. The highest BCUT2D eigenvalue weighted by Crippen LogP contribution is 2.26. The van der Waals surface area contributed by atoms with Crippen molar-refractivity contribution in [3.05, 3.63) is 36.4 Å². The van der Waals surface area contributed by atoms with E-state index in [-0.39, 0.29) is 11.9 Å². The molecule has 0 spiro atoms. The maximum Gasteiger partial charge on any atom is 0.260 e. The molecule has 1 aromatic carbocycles. The molecule has 1 rings (SSSR count). The number of hydrogen-bond donors (Lipinski definition) is 1. The molecule has 2 N–H and O–H groups in total. The number of methoxy groups -OCH3 is 1. The lowest BCUT2D eigenvalue weighted by Crippen LogP contribution is -2.37. The van der Waals surface area contributed by atoms with E-state index in [1.165, 1.54) is 7.11 Å². The lowest BCUT2D eigenvalue weighted by atomic mass is 10.1. The molecule has 0 heterocycles. The second kappa shape index (κ2) is 6.10. The Morgan fingerprint density at radius 2 is 2.22 bits per heavy atom. The highest BCUT2D eigenvalue weighted by Gasteiger charge is 2.23. The van der Waals surface area contributed by atoms with Crippen molar-refractivity contribution in [1.29, 1.82) is 0 Å². The highest BCUT2D eigenvalue weighted by molar-refractivity contribution is 6.02. The van der Waals surface area contributed by atoms with E-state index in [0.29, 0.717) is 23.5 Å². The van der Waals surface area contributed by atoms with Crippen molar-refractivity contribution in [2.24, 2.45) is 0 Å². The van der Waals surface area contributed by atoms with E-state index in [1.54, 1.807) is 29.2 Å². The molecule has 0 saturated carbocycles. The predicted octanol–water partition coefficient (Wildman–Crippen LogP) is 2.31. The zero-order valence-corrected chi connectivity index (χ0v) is 11.1. The first kappa shape index (κ1) is 14.1. The van der Waals surface area contributed by atoms with E-state index < -0.39 is 0 Å². The normalized spacial score (nSPS) is 10.2. The maximum atomic E-state index is 12.5. The summed E-state index contributed by atoms with van der Waals surface area (Å²) in [6, 6.07) is 5.26. The molecule has 0 aliphatic carbocycles. The van der Waals surface area contributed by atoms with Crippen LogP contribution in [-0.4, -0.2) is 30.5 Å². The number of rotatable bonds is 5. The molecule has 0 atom stereocenters. The van der Waals surface area contributed by atoms with Gasteiger partial charge in [-0.3, -0.25) is 4.79 Å². The average molecular weight is 248 g/mol. The second-order valence-corrected chi connectivity index (χ2v) is 4.26. The first-order valence-electron chi connectivity index (χ1n) is 5.87. The van der Waals surface area contributed by atoms with Gasteiger partial charge in [0.05, 0.1) is 7.11 Å². The zero-order valence-electron chi connectivity index (χ0n) is 11.1. The summed E-state index contributed by atoms with van der Waals surface area (Å²) in [7, 11) is 1.53. The van der Waals surface area contributed by atoms with E-state index >= 15 is 0 Å². The van der Waals surface area contributed by atoms with Crippen LogP contribution in [0.3, 0.4) is 0 Å². The topological polar surface area (TPSA) is 55.6 Å². The molecule has 0 aliphatic rings. The number of hydrogen-bond acceptors (Lipinski definition) is 3. The number of amides is 1. The Kier molecular flexibility index (Phi) is 4.77. The molecule has 0 fully saturated rings. The zero-order chi connectivity index (χ0) is 13.7. The van der Waals surface area contributed by atoms with Gasteiger partial charge < -0.3 is 15.4 Å². The molecule has 0 saturated heterocycles. The van der Waals surface area contributed by atoms with Crippen molar-refractivity contribution in [3.63, 3.8) is 0 Å². The molecule has 0 bridgehead atoms.